The fourth-order valence-electron chi connectivity index (χ4n) is 1.53. The summed E-state index contributed by atoms with van der Waals surface area (Å²) in [5.41, 5.74) is 0.101. The van der Waals surface area contributed by atoms with Crippen molar-refractivity contribution < 1.29 is 0 Å². The molecule has 1 atom stereocenters. The third kappa shape index (κ3) is 2.97. The van der Waals surface area contributed by atoms with Gasteiger partial charge < -0.3 is 0 Å². The van der Waals surface area contributed by atoms with Gasteiger partial charge in [0.1, 0.15) is 0 Å². The highest BCUT2D eigenvalue weighted by molar-refractivity contribution is 9.09. The lowest BCUT2D eigenvalue weighted by molar-refractivity contribution is 0.457. The van der Waals surface area contributed by atoms with Crippen molar-refractivity contribution in [3.8, 4) is 0 Å². The first-order chi connectivity index (χ1) is 7.10. The Morgan fingerprint density at radius 2 is 2.07 bits per heavy atom. The van der Waals surface area contributed by atoms with Crippen molar-refractivity contribution in [2.45, 2.75) is 39.8 Å². The summed E-state index contributed by atoms with van der Waals surface area (Å²) in [6, 6.07) is 0.239. The lowest BCUT2D eigenvalue weighted by Crippen LogP contribution is -2.27. The summed E-state index contributed by atoms with van der Waals surface area (Å²) in [5.74, 6) is 0.533. The van der Waals surface area contributed by atoms with E-state index in [1.54, 1.807) is 9.13 Å². The molecule has 1 rings (SSSR count). The van der Waals surface area contributed by atoms with Gasteiger partial charge in [0.15, 0.2) is 0 Å². The summed E-state index contributed by atoms with van der Waals surface area (Å²) in [4.78, 5) is 11.9. The Bertz CT molecular complexity index is 350. The van der Waals surface area contributed by atoms with Crippen LogP contribution in [0, 0.1) is 5.92 Å². The normalized spacial score (nSPS) is 13.4. The van der Waals surface area contributed by atoms with E-state index < -0.39 is 0 Å². The quantitative estimate of drug-likeness (QED) is 0.759. The molecule has 0 aliphatic rings. The van der Waals surface area contributed by atoms with Gasteiger partial charge in [-0.3, -0.25) is 9.13 Å². The van der Waals surface area contributed by atoms with Crippen LogP contribution in [0.3, 0.4) is 0 Å². The highest BCUT2D eigenvalue weighted by Gasteiger charge is 2.10. The first-order valence-corrected chi connectivity index (χ1v) is 6.55. The van der Waals surface area contributed by atoms with Gasteiger partial charge in [0.25, 0.3) is 0 Å². The Morgan fingerprint density at radius 1 is 1.40 bits per heavy atom. The van der Waals surface area contributed by atoms with Gasteiger partial charge in [-0.15, -0.1) is 0 Å². The Balaban J connectivity index is 2.83. The fourth-order valence-corrected chi connectivity index (χ4v) is 2.19. The maximum atomic E-state index is 11.9. The number of rotatable bonds is 5. The van der Waals surface area contributed by atoms with Crippen LogP contribution in [-0.2, 0) is 6.54 Å². The lowest BCUT2D eigenvalue weighted by atomic mass is 10.1. The van der Waals surface area contributed by atoms with Crippen molar-refractivity contribution in [2.24, 2.45) is 5.92 Å². The highest BCUT2D eigenvalue weighted by Crippen LogP contribution is 2.09. The Kier molecular flexibility index (Phi) is 4.64. The third-order valence-corrected chi connectivity index (χ3v) is 3.60. The van der Waals surface area contributed by atoms with E-state index in [1.165, 1.54) is 0 Å². The topological polar surface area (TPSA) is 26.9 Å². The number of alkyl halides is 1. The van der Waals surface area contributed by atoms with E-state index >= 15 is 0 Å². The van der Waals surface area contributed by atoms with Crippen LogP contribution < -0.4 is 5.69 Å². The average Bonchev–Trinajstić information content (AvgIpc) is 2.56. The summed E-state index contributed by atoms with van der Waals surface area (Å²) in [7, 11) is 0. The number of nitrogens with zero attached hydrogens (tertiary/aromatic N) is 2. The molecule has 0 aliphatic carbocycles. The van der Waals surface area contributed by atoms with Crippen LogP contribution in [0.5, 0.6) is 0 Å². The van der Waals surface area contributed by atoms with Crippen molar-refractivity contribution in [3.63, 3.8) is 0 Å². The molecule has 15 heavy (non-hydrogen) atoms. The molecule has 1 heterocycles. The summed E-state index contributed by atoms with van der Waals surface area (Å²) >= 11 is 3.47. The molecule has 0 N–H and O–H groups in total. The smallest absolute Gasteiger partial charge is 0.299 e. The molecule has 4 heteroatoms. The van der Waals surface area contributed by atoms with E-state index in [2.05, 4.69) is 22.9 Å². The third-order valence-electron chi connectivity index (χ3n) is 2.68. The molecule has 1 unspecified atom stereocenters. The molecule has 0 bridgehead atoms. The first kappa shape index (κ1) is 12.6. The van der Waals surface area contributed by atoms with Crippen LogP contribution >= 0.6 is 15.9 Å². The van der Waals surface area contributed by atoms with Crippen molar-refractivity contribution in [2.75, 3.05) is 5.33 Å². The van der Waals surface area contributed by atoms with Crippen molar-refractivity contribution >= 4 is 15.9 Å². The van der Waals surface area contributed by atoms with E-state index in [4.69, 9.17) is 0 Å². The molecular formula is C11H19BrN2O. The fraction of sp³-hybridized carbons (Fsp3) is 0.727. The van der Waals surface area contributed by atoms with E-state index in [0.29, 0.717) is 5.92 Å². The lowest BCUT2D eigenvalue weighted by Gasteiger charge is -2.11. The van der Waals surface area contributed by atoms with E-state index in [-0.39, 0.29) is 11.7 Å². The van der Waals surface area contributed by atoms with Crippen molar-refractivity contribution in [1.29, 1.82) is 0 Å². The monoisotopic (exact) mass is 274 g/mol. The largest absolute Gasteiger partial charge is 0.328 e. The standard InChI is InChI=1S/C11H19BrN2O/c1-4-10(7-12)8-13-5-6-14(9(2)3)11(13)15/h5-6,9-10H,4,7-8H2,1-3H3. The minimum atomic E-state index is 0.101. The van der Waals surface area contributed by atoms with Crippen molar-refractivity contribution in [3.05, 3.63) is 22.9 Å². The minimum Gasteiger partial charge on any atom is -0.299 e. The number of hydrogen-bond acceptors (Lipinski definition) is 1. The predicted octanol–water partition coefficient (Wildman–Crippen LogP) is 2.65. The zero-order valence-corrected chi connectivity index (χ0v) is 11.2. The summed E-state index contributed by atoms with van der Waals surface area (Å²) in [6.07, 6.45) is 4.84. The molecule has 0 saturated carbocycles. The van der Waals surface area contributed by atoms with Gasteiger partial charge in [-0.25, -0.2) is 4.79 Å². The summed E-state index contributed by atoms with van der Waals surface area (Å²) < 4.78 is 3.57. The molecule has 0 radical (unpaired) electrons. The van der Waals surface area contributed by atoms with Crippen LogP contribution in [0.4, 0.5) is 0 Å². The van der Waals surface area contributed by atoms with Gasteiger partial charge in [-0.1, -0.05) is 29.3 Å². The number of halogens is 1. The number of aromatic nitrogens is 2. The van der Waals surface area contributed by atoms with Gasteiger partial charge >= 0.3 is 5.69 Å². The van der Waals surface area contributed by atoms with Crippen LogP contribution in [0.25, 0.3) is 0 Å². The van der Waals surface area contributed by atoms with Crippen LogP contribution in [0.1, 0.15) is 33.2 Å². The molecule has 0 saturated heterocycles. The predicted molar refractivity (Wildman–Crippen MR) is 66.7 cm³/mol. The minimum absolute atomic E-state index is 0.101. The molecule has 1 aromatic rings. The van der Waals surface area contributed by atoms with Gasteiger partial charge in [0.2, 0.25) is 0 Å². The molecule has 0 aliphatic heterocycles. The second kappa shape index (κ2) is 5.54. The van der Waals surface area contributed by atoms with Gasteiger partial charge in [-0.2, -0.15) is 0 Å². The molecule has 1 aromatic heterocycles. The zero-order chi connectivity index (χ0) is 11.4. The Labute approximate surface area is 99.2 Å². The van der Waals surface area contributed by atoms with Crippen molar-refractivity contribution in [1.82, 2.24) is 9.13 Å². The maximum Gasteiger partial charge on any atom is 0.328 e. The molecule has 86 valence electrons. The number of imidazole rings is 1. The van der Waals surface area contributed by atoms with Crippen LogP contribution in [-0.4, -0.2) is 14.5 Å². The maximum absolute atomic E-state index is 11.9. The second-order valence-corrected chi connectivity index (χ2v) is 4.81. The SMILES string of the molecule is CCC(CBr)Cn1ccn(C(C)C)c1=O. The van der Waals surface area contributed by atoms with E-state index in [1.807, 2.05) is 26.2 Å². The summed E-state index contributed by atoms with van der Waals surface area (Å²) in [6.45, 7) is 7.00. The summed E-state index contributed by atoms with van der Waals surface area (Å²) in [5, 5.41) is 0.947. The molecular weight excluding hydrogens is 256 g/mol. The molecule has 0 fully saturated rings. The number of hydrogen-bond donors (Lipinski definition) is 0. The molecule has 0 aromatic carbocycles. The second-order valence-electron chi connectivity index (χ2n) is 4.16. The highest BCUT2D eigenvalue weighted by atomic mass is 79.9. The molecule has 0 spiro atoms. The molecule has 3 nitrogen and oxygen atoms in total. The molecule has 0 amide bonds. The van der Waals surface area contributed by atoms with Gasteiger partial charge in [0, 0.05) is 30.3 Å². The van der Waals surface area contributed by atoms with Crippen LogP contribution in [0.15, 0.2) is 17.2 Å². The average molecular weight is 275 g/mol. The Hall–Kier alpha value is -0.510. The van der Waals surface area contributed by atoms with E-state index in [9.17, 15) is 4.79 Å². The van der Waals surface area contributed by atoms with Gasteiger partial charge in [-0.05, 0) is 19.8 Å². The van der Waals surface area contributed by atoms with E-state index in [0.717, 1.165) is 18.3 Å². The zero-order valence-electron chi connectivity index (χ0n) is 9.61. The Morgan fingerprint density at radius 3 is 2.47 bits per heavy atom. The van der Waals surface area contributed by atoms with Crippen LogP contribution in [0.2, 0.25) is 0 Å². The first-order valence-electron chi connectivity index (χ1n) is 5.43. The van der Waals surface area contributed by atoms with Gasteiger partial charge in [0.05, 0.1) is 0 Å².